The zero-order valence-electron chi connectivity index (χ0n) is 11.8. The number of likely N-dealkylation sites (N-methyl/N-ethyl adjacent to an activating group) is 1. The van der Waals surface area contributed by atoms with E-state index in [2.05, 4.69) is 25.7 Å². The van der Waals surface area contributed by atoms with Gasteiger partial charge in [0.15, 0.2) is 0 Å². The molecule has 0 spiro atoms. The lowest BCUT2D eigenvalue weighted by Gasteiger charge is -2.28. The molecule has 0 heterocycles. The maximum absolute atomic E-state index is 11.5. The number of phenolic OH excluding ortho intramolecular Hbond substituents is 1. The standard InChI is InChI=1S/C14H23N3O2/c1-4-16(11(2)3)9-10-17(14(15)19)12-5-7-13(18)8-6-12/h5-8,11,18H,4,9-10H2,1-3H3,(H2,15,19). The lowest BCUT2D eigenvalue weighted by molar-refractivity contribution is 0.233. The van der Waals surface area contributed by atoms with Crippen LogP contribution in [0.4, 0.5) is 10.5 Å². The highest BCUT2D eigenvalue weighted by molar-refractivity contribution is 5.90. The van der Waals surface area contributed by atoms with E-state index in [0.29, 0.717) is 18.3 Å². The van der Waals surface area contributed by atoms with Crippen molar-refractivity contribution >= 4 is 11.7 Å². The second-order valence-corrected chi connectivity index (χ2v) is 4.73. The first-order chi connectivity index (χ1) is 8.95. The van der Waals surface area contributed by atoms with Crippen LogP contribution < -0.4 is 10.6 Å². The molecule has 19 heavy (non-hydrogen) atoms. The number of phenols is 1. The summed E-state index contributed by atoms with van der Waals surface area (Å²) in [5.41, 5.74) is 6.12. The number of aromatic hydroxyl groups is 1. The van der Waals surface area contributed by atoms with Gasteiger partial charge in [0.05, 0.1) is 0 Å². The summed E-state index contributed by atoms with van der Waals surface area (Å²) >= 11 is 0. The normalized spacial score (nSPS) is 11.0. The molecule has 0 saturated carbocycles. The number of urea groups is 1. The number of rotatable bonds is 6. The fraction of sp³-hybridized carbons (Fsp3) is 0.500. The van der Waals surface area contributed by atoms with Crippen LogP contribution in [-0.4, -0.2) is 41.7 Å². The predicted molar refractivity (Wildman–Crippen MR) is 77.4 cm³/mol. The molecule has 1 aromatic carbocycles. The fourth-order valence-electron chi connectivity index (χ4n) is 2.01. The van der Waals surface area contributed by atoms with Crippen LogP contribution >= 0.6 is 0 Å². The number of carbonyl (C=O) groups is 1. The Hall–Kier alpha value is -1.75. The van der Waals surface area contributed by atoms with Gasteiger partial charge in [0.25, 0.3) is 0 Å². The van der Waals surface area contributed by atoms with Crippen molar-refractivity contribution < 1.29 is 9.90 Å². The van der Waals surface area contributed by atoms with E-state index in [4.69, 9.17) is 5.73 Å². The molecule has 0 unspecified atom stereocenters. The van der Waals surface area contributed by atoms with Gasteiger partial charge in [-0.05, 0) is 44.7 Å². The molecule has 0 bridgehead atoms. The van der Waals surface area contributed by atoms with Gasteiger partial charge in [0, 0.05) is 24.8 Å². The molecule has 0 radical (unpaired) electrons. The average Bonchev–Trinajstić information content (AvgIpc) is 2.35. The maximum Gasteiger partial charge on any atom is 0.319 e. The van der Waals surface area contributed by atoms with Gasteiger partial charge < -0.3 is 10.8 Å². The molecule has 1 aromatic rings. The highest BCUT2D eigenvalue weighted by atomic mass is 16.3. The molecule has 0 saturated heterocycles. The highest BCUT2D eigenvalue weighted by Gasteiger charge is 2.15. The molecule has 0 aliphatic rings. The van der Waals surface area contributed by atoms with Gasteiger partial charge in [-0.25, -0.2) is 4.79 Å². The molecule has 0 aliphatic carbocycles. The summed E-state index contributed by atoms with van der Waals surface area (Å²) in [4.78, 5) is 15.3. The van der Waals surface area contributed by atoms with E-state index < -0.39 is 6.03 Å². The van der Waals surface area contributed by atoms with Gasteiger partial charge in [0.2, 0.25) is 0 Å². The quantitative estimate of drug-likeness (QED) is 0.826. The fourth-order valence-corrected chi connectivity index (χ4v) is 2.01. The number of primary amides is 1. The molecule has 2 amide bonds. The first kappa shape index (κ1) is 15.3. The smallest absolute Gasteiger partial charge is 0.319 e. The van der Waals surface area contributed by atoms with Crippen molar-refractivity contribution in [1.82, 2.24) is 4.90 Å². The van der Waals surface area contributed by atoms with E-state index in [0.717, 1.165) is 13.1 Å². The zero-order chi connectivity index (χ0) is 14.4. The van der Waals surface area contributed by atoms with Gasteiger partial charge in [-0.1, -0.05) is 6.92 Å². The Morgan fingerprint density at radius 1 is 1.26 bits per heavy atom. The van der Waals surface area contributed by atoms with Crippen molar-refractivity contribution in [3.63, 3.8) is 0 Å². The number of hydrogen-bond donors (Lipinski definition) is 2. The average molecular weight is 265 g/mol. The summed E-state index contributed by atoms with van der Waals surface area (Å²) in [6.45, 7) is 8.57. The van der Waals surface area contributed by atoms with Gasteiger partial charge in [-0.3, -0.25) is 9.80 Å². The number of benzene rings is 1. The van der Waals surface area contributed by atoms with Gasteiger partial charge in [-0.2, -0.15) is 0 Å². The Bertz CT molecular complexity index is 404. The Balaban J connectivity index is 2.74. The third-order valence-corrected chi connectivity index (χ3v) is 3.17. The number of nitrogens with two attached hydrogens (primary N) is 1. The van der Waals surface area contributed by atoms with Crippen molar-refractivity contribution in [3.8, 4) is 5.75 Å². The second kappa shape index (κ2) is 6.99. The third-order valence-electron chi connectivity index (χ3n) is 3.17. The Morgan fingerprint density at radius 2 is 1.84 bits per heavy atom. The van der Waals surface area contributed by atoms with Crippen LogP contribution in [0.1, 0.15) is 20.8 Å². The first-order valence-electron chi connectivity index (χ1n) is 6.55. The lowest BCUT2D eigenvalue weighted by atomic mass is 10.2. The number of amides is 2. The highest BCUT2D eigenvalue weighted by Crippen LogP contribution is 2.18. The summed E-state index contributed by atoms with van der Waals surface area (Å²) in [5.74, 6) is 0.172. The van der Waals surface area contributed by atoms with Gasteiger partial charge in [0.1, 0.15) is 5.75 Å². The molecule has 0 fully saturated rings. The Morgan fingerprint density at radius 3 is 2.26 bits per heavy atom. The third kappa shape index (κ3) is 4.44. The SMILES string of the molecule is CCN(CCN(C(N)=O)c1ccc(O)cc1)C(C)C. The van der Waals surface area contributed by atoms with E-state index in [9.17, 15) is 9.90 Å². The number of hydrogen-bond acceptors (Lipinski definition) is 3. The molecule has 5 heteroatoms. The van der Waals surface area contributed by atoms with Crippen molar-refractivity contribution in [2.24, 2.45) is 5.73 Å². The Labute approximate surface area is 114 Å². The molecular formula is C14H23N3O2. The van der Waals surface area contributed by atoms with E-state index in [1.54, 1.807) is 24.3 Å². The van der Waals surface area contributed by atoms with Crippen LogP contribution in [0.25, 0.3) is 0 Å². The summed E-state index contributed by atoms with van der Waals surface area (Å²) in [6.07, 6.45) is 0. The monoisotopic (exact) mass is 265 g/mol. The number of nitrogens with zero attached hydrogens (tertiary/aromatic N) is 2. The Kier molecular flexibility index (Phi) is 5.63. The minimum atomic E-state index is -0.481. The largest absolute Gasteiger partial charge is 0.508 e. The van der Waals surface area contributed by atoms with Crippen LogP contribution in [0.3, 0.4) is 0 Å². The van der Waals surface area contributed by atoms with Crippen molar-refractivity contribution in [1.29, 1.82) is 0 Å². The van der Waals surface area contributed by atoms with Crippen LogP contribution in [0.2, 0.25) is 0 Å². The molecule has 0 aromatic heterocycles. The van der Waals surface area contributed by atoms with Crippen molar-refractivity contribution in [2.75, 3.05) is 24.5 Å². The van der Waals surface area contributed by atoms with Crippen molar-refractivity contribution in [3.05, 3.63) is 24.3 Å². The molecule has 106 valence electrons. The minimum Gasteiger partial charge on any atom is -0.508 e. The number of anilines is 1. The minimum absolute atomic E-state index is 0.172. The van der Waals surface area contributed by atoms with Crippen molar-refractivity contribution in [2.45, 2.75) is 26.8 Å². The van der Waals surface area contributed by atoms with E-state index in [1.807, 2.05) is 0 Å². The second-order valence-electron chi connectivity index (χ2n) is 4.73. The lowest BCUT2D eigenvalue weighted by Crippen LogP contribution is -2.43. The van der Waals surface area contributed by atoms with E-state index in [1.165, 1.54) is 4.90 Å². The van der Waals surface area contributed by atoms with Crippen LogP contribution in [-0.2, 0) is 0 Å². The van der Waals surface area contributed by atoms with Crippen LogP contribution in [0.15, 0.2) is 24.3 Å². The summed E-state index contributed by atoms with van der Waals surface area (Å²) in [5, 5.41) is 9.26. The van der Waals surface area contributed by atoms with Crippen LogP contribution in [0, 0.1) is 0 Å². The summed E-state index contributed by atoms with van der Waals surface area (Å²) in [6, 6.07) is 6.42. The predicted octanol–water partition coefficient (Wildman–Crippen LogP) is 2.01. The van der Waals surface area contributed by atoms with Crippen LogP contribution in [0.5, 0.6) is 5.75 Å². The van der Waals surface area contributed by atoms with Gasteiger partial charge >= 0.3 is 6.03 Å². The summed E-state index contributed by atoms with van der Waals surface area (Å²) < 4.78 is 0. The summed E-state index contributed by atoms with van der Waals surface area (Å²) in [7, 11) is 0. The maximum atomic E-state index is 11.5. The topological polar surface area (TPSA) is 69.8 Å². The number of carbonyl (C=O) groups excluding carboxylic acids is 1. The molecule has 3 N–H and O–H groups in total. The zero-order valence-corrected chi connectivity index (χ0v) is 11.8. The van der Waals surface area contributed by atoms with E-state index >= 15 is 0 Å². The molecule has 0 atom stereocenters. The molecule has 0 aliphatic heterocycles. The van der Waals surface area contributed by atoms with E-state index in [-0.39, 0.29) is 5.75 Å². The molecule has 5 nitrogen and oxygen atoms in total. The molecular weight excluding hydrogens is 242 g/mol. The first-order valence-corrected chi connectivity index (χ1v) is 6.55. The van der Waals surface area contributed by atoms with Gasteiger partial charge in [-0.15, -0.1) is 0 Å². The molecule has 1 rings (SSSR count).